The monoisotopic (exact) mass is 439 g/mol. The van der Waals surface area contributed by atoms with Crippen LogP contribution in [0.3, 0.4) is 0 Å². The van der Waals surface area contributed by atoms with Crippen molar-refractivity contribution in [2.24, 2.45) is 0 Å². The molecule has 0 saturated carbocycles. The van der Waals surface area contributed by atoms with Crippen LogP contribution >= 0.6 is 0 Å². The number of carbonyl (C=O) groups excluding carboxylic acids is 3. The first-order valence-electron chi connectivity index (χ1n) is 10.4. The second kappa shape index (κ2) is 9.72. The Balaban J connectivity index is 1.54. The van der Waals surface area contributed by atoms with Crippen molar-refractivity contribution in [3.63, 3.8) is 0 Å². The summed E-state index contributed by atoms with van der Waals surface area (Å²) in [5.74, 6) is -1.60. The second-order valence-corrected chi connectivity index (χ2v) is 8.56. The molecule has 8 nitrogen and oxygen atoms in total. The Hall–Kier alpha value is -3.55. The van der Waals surface area contributed by atoms with Crippen molar-refractivity contribution < 1.29 is 29.0 Å². The van der Waals surface area contributed by atoms with Crippen LogP contribution in [0.4, 0.5) is 9.59 Å². The molecule has 0 heterocycles. The van der Waals surface area contributed by atoms with Crippen molar-refractivity contribution in [3.8, 4) is 11.1 Å². The summed E-state index contributed by atoms with van der Waals surface area (Å²) < 4.78 is 10.4. The molecule has 2 aromatic rings. The quantitative estimate of drug-likeness (QED) is 0.685. The van der Waals surface area contributed by atoms with Gasteiger partial charge in [0.05, 0.1) is 12.0 Å². The lowest BCUT2D eigenvalue weighted by Crippen LogP contribution is -2.49. The minimum absolute atomic E-state index is 0.0167. The average Bonchev–Trinajstić information content (AvgIpc) is 3.04. The van der Waals surface area contributed by atoms with E-state index >= 15 is 0 Å². The van der Waals surface area contributed by atoms with Gasteiger partial charge in [0.2, 0.25) is 0 Å². The Bertz CT molecular complexity index is 952. The van der Waals surface area contributed by atoms with Gasteiger partial charge in [-0.2, -0.15) is 0 Å². The summed E-state index contributed by atoms with van der Waals surface area (Å²) in [5, 5.41) is 16.1. The molecule has 0 unspecified atom stereocenters. The van der Waals surface area contributed by atoms with Gasteiger partial charge in [0.15, 0.2) is 0 Å². The molecule has 0 spiro atoms. The molecule has 2 aromatic carbocycles. The molecule has 0 fully saturated rings. The standard InChI is InChI=1S/C24H28N2O6/c1-24(2,3)32-22(29)25-13-12-20(21(27)28)26-23(30)31-14-19-17-10-6-4-8-15(17)16-9-5-7-11-18(16)19/h4-11,19-20H,12-14H2,1-3H3,(H,25,29)(H,26,30)(H,27,28)/p-1/t20-/m0/s1. The molecule has 0 aromatic heterocycles. The minimum Gasteiger partial charge on any atom is -0.548 e. The molecule has 2 amide bonds. The maximum absolute atomic E-state index is 12.3. The number of amides is 2. The fourth-order valence-electron chi connectivity index (χ4n) is 3.66. The number of hydrogen-bond donors (Lipinski definition) is 2. The Morgan fingerprint density at radius 2 is 1.53 bits per heavy atom. The molecule has 170 valence electrons. The number of benzene rings is 2. The van der Waals surface area contributed by atoms with Gasteiger partial charge in [0, 0.05) is 12.5 Å². The van der Waals surface area contributed by atoms with Crippen molar-refractivity contribution >= 4 is 18.2 Å². The predicted molar refractivity (Wildman–Crippen MR) is 116 cm³/mol. The van der Waals surface area contributed by atoms with E-state index in [1.807, 2.05) is 48.5 Å². The van der Waals surface area contributed by atoms with Gasteiger partial charge in [0.25, 0.3) is 0 Å². The van der Waals surface area contributed by atoms with Crippen LogP contribution in [0.1, 0.15) is 44.2 Å². The highest BCUT2D eigenvalue weighted by atomic mass is 16.6. The van der Waals surface area contributed by atoms with E-state index in [1.54, 1.807) is 20.8 Å². The highest BCUT2D eigenvalue weighted by Crippen LogP contribution is 2.44. The summed E-state index contributed by atoms with van der Waals surface area (Å²) in [5.41, 5.74) is 3.63. The first-order valence-corrected chi connectivity index (χ1v) is 10.4. The zero-order valence-corrected chi connectivity index (χ0v) is 18.3. The fourth-order valence-corrected chi connectivity index (χ4v) is 3.66. The number of ether oxygens (including phenoxy) is 2. The fraction of sp³-hybridized carbons (Fsp3) is 0.375. The molecule has 1 aliphatic carbocycles. The van der Waals surface area contributed by atoms with Crippen molar-refractivity contribution in [1.82, 2.24) is 10.6 Å². The molecule has 0 bridgehead atoms. The van der Waals surface area contributed by atoms with Gasteiger partial charge in [-0.05, 0) is 49.4 Å². The van der Waals surface area contributed by atoms with Crippen LogP contribution in [-0.2, 0) is 14.3 Å². The molecule has 3 rings (SSSR count). The topological polar surface area (TPSA) is 117 Å². The van der Waals surface area contributed by atoms with Gasteiger partial charge in [-0.3, -0.25) is 0 Å². The van der Waals surface area contributed by atoms with E-state index in [1.165, 1.54) is 0 Å². The number of rotatable bonds is 7. The van der Waals surface area contributed by atoms with Crippen LogP contribution < -0.4 is 15.7 Å². The van der Waals surface area contributed by atoms with Crippen molar-refractivity contribution in [3.05, 3.63) is 59.7 Å². The zero-order chi connectivity index (χ0) is 23.3. The first-order chi connectivity index (χ1) is 15.2. The Morgan fingerprint density at radius 3 is 2.06 bits per heavy atom. The van der Waals surface area contributed by atoms with Crippen LogP contribution in [-0.4, -0.2) is 43.0 Å². The van der Waals surface area contributed by atoms with Gasteiger partial charge >= 0.3 is 12.2 Å². The molecule has 1 aliphatic rings. The van der Waals surface area contributed by atoms with E-state index in [2.05, 4.69) is 10.6 Å². The lowest BCUT2D eigenvalue weighted by atomic mass is 9.98. The largest absolute Gasteiger partial charge is 0.548 e. The number of alkyl carbamates (subject to hydrolysis) is 2. The molecular weight excluding hydrogens is 412 g/mol. The van der Waals surface area contributed by atoms with E-state index in [0.29, 0.717) is 0 Å². The van der Waals surface area contributed by atoms with E-state index in [-0.39, 0.29) is 25.5 Å². The summed E-state index contributed by atoms with van der Waals surface area (Å²) in [7, 11) is 0. The molecule has 2 N–H and O–H groups in total. The van der Waals surface area contributed by atoms with Crippen molar-refractivity contribution in [1.29, 1.82) is 0 Å². The predicted octanol–water partition coefficient (Wildman–Crippen LogP) is 2.56. The van der Waals surface area contributed by atoms with E-state index < -0.39 is 29.8 Å². The Kier molecular flexibility index (Phi) is 7.02. The molecule has 0 radical (unpaired) electrons. The Labute approximate surface area is 186 Å². The third-order valence-electron chi connectivity index (χ3n) is 5.02. The third-order valence-corrected chi connectivity index (χ3v) is 5.02. The number of hydrogen-bond acceptors (Lipinski definition) is 6. The number of carboxylic acids is 1. The summed E-state index contributed by atoms with van der Waals surface area (Å²) >= 11 is 0. The molecule has 8 heteroatoms. The third kappa shape index (κ3) is 5.78. The van der Waals surface area contributed by atoms with Gasteiger partial charge in [-0.1, -0.05) is 48.5 Å². The Morgan fingerprint density at radius 1 is 0.969 bits per heavy atom. The van der Waals surface area contributed by atoms with Crippen LogP contribution in [0.5, 0.6) is 0 Å². The lowest BCUT2D eigenvalue weighted by Gasteiger charge is -2.22. The molecule has 32 heavy (non-hydrogen) atoms. The van der Waals surface area contributed by atoms with Gasteiger partial charge < -0.3 is 30.0 Å². The highest BCUT2D eigenvalue weighted by molar-refractivity contribution is 5.80. The first kappa shape index (κ1) is 23.1. The zero-order valence-electron chi connectivity index (χ0n) is 18.3. The van der Waals surface area contributed by atoms with Crippen LogP contribution in [0.2, 0.25) is 0 Å². The van der Waals surface area contributed by atoms with E-state index in [0.717, 1.165) is 22.3 Å². The van der Waals surface area contributed by atoms with Gasteiger partial charge in [0.1, 0.15) is 12.2 Å². The van der Waals surface area contributed by atoms with Crippen LogP contribution in [0.15, 0.2) is 48.5 Å². The van der Waals surface area contributed by atoms with Gasteiger partial charge in [-0.25, -0.2) is 9.59 Å². The number of carbonyl (C=O) groups is 3. The average molecular weight is 439 g/mol. The van der Waals surface area contributed by atoms with Crippen LogP contribution in [0.25, 0.3) is 11.1 Å². The lowest BCUT2D eigenvalue weighted by molar-refractivity contribution is -0.308. The molecule has 0 aliphatic heterocycles. The molecular formula is C24H27N2O6-. The summed E-state index contributed by atoms with van der Waals surface area (Å²) in [4.78, 5) is 35.4. The van der Waals surface area contributed by atoms with Crippen molar-refractivity contribution in [2.45, 2.75) is 44.8 Å². The summed E-state index contributed by atoms with van der Waals surface area (Å²) in [6.45, 7) is 5.20. The maximum atomic E-state index is 12.3. The maximum Gasteiger partial charge on any atom is 0.407 e. The molecule has 0 saturated heterocycles. The highest BCUT2D eigenvalue weighted by Gasteiger charge is 2.29. The number of aliphatic carboxylic acids is 1. The van der Waals surface area contributed by atoms with Gasteiger partial charge in [-0.15, -0.1) is 0 Å². The number of fused-ring (bicyclic) bond motifs is 3. The summed E-state index contributed by atoms with van der Waals surface area (Å²) in [6, 6.07) is 14.5. The summed E-state index contributed by atoms with van der Waals surface area (Å²) in [6.07, 6.45) is -1.61. The van der Waals surface area contributed by atoms with Crippen LogP contribution in [0, 0.1) is 0 Å². The van der Waals surface area contributed by atoms with E-state index in [4.69, 9.17) is 9.47 Å². The normalized spacial score (nSPS) is 13.5. The van der Waals surface area contributed by atoms with Crippen molar-refractivity contribution in [2.75, 3.05) is 13.2 Å². The smallest absolute Gasteiger partial charge is 0.407 e. The molecule has 1 atom stereocenters. The number of nitrogens with one attached hydrogen (secondary N) is 2. The second-order valence-electron chi connectivity index (χ2n) is 8.56. The number of carboxylic acid groups (broad SMARTS) is 1. The minimum atomic E-state index is -1.47. The SMILES string of the molecule is CC(C)(C)OC(=O)NCC[C@H](NC(=O)OCC1c2ccccc2-c2ccccc21)C(=O)[O-]. The van der Waals surface area contributed by atoms with E-state index in [9.17, 15) is 19.5 Å².